The van der Waals surface area contributed by atoms with Crippen LogP contribution in [0.15, 0.2) is 30.5 Å². The van der Waals surface area contributed by atoms with E-state index in [0.717, 1.165) is 16.5 Å². The fraction of sp³-hybridized carbons (Fsp3) is 0.375. The second-order valence-electron chi connectivity index (χ2n) is 5.55. The van der Waals surface area contributed by atoms with Crippen LogP contribution in [0, 0.1) is 0 Å². The van der Waals surface area contributed by atoms with E-state index in [1.54, 1.807) is 13.3 Å². The van der Waals surface area contributed by atoms with Crippen LogP contribution in [0.3, 0.4) is 0 Å². The van der Waals surface area contributed by atoms with Crippen molar-refractivity contribution in [2.24, 2.45) is 5.73 Å². The van der Waals surface area contributed by atoms with Crippen LogP contribution in [0.5, 0.6) is 0 Å². The lowest BCUT2D eigenvalue weighted by Gasteiger charge is -2.22. The first kappa shape index (κ1) is 15.2. The Morgan fingerprint density at radius 1 is 1.50 bits per heavy atom. The van der Waals surface area contributed by atoms with Gasteiger partial charge in [0, 0.05) is 36.8 Å². The van der Waals surface area contributed by atoms with Gasteiger partial charge in [-0.25, -0.2) is 0 Å². The lowest BCUT2D eigenvalue weighted by Crippen LogP contribution is -2.39. The van der Waals surface area contributed by atoms with Gasteiger partial charge in [-0.05, 0) is 30.2 Å². The number of hydrogen-bond acceptors (Lipinski definition) is 4. The molecule has 0 unspecified atom stereocenters. The number of carbonyl (C=O) groups excluding carboxylic acids is 1. The van der Waals surface area contributed by atoms with Gasteiger partial charge in [0.1, 0.15) is 0 Å². The van der Waals surface area contributed by atoms with Gasteiger partial charge in [0.05, 0.1) is 17.7 Å². The van der Waals surface area contributed by atoms with Gasteiger partial charge in [0.2, 0.25) is 5.91 Å². The predicted molar refractivity (Wildman–Crippen MR) is 85.6 cm³/mol. The monoisotopic (exact) mass is 319 g/mol. The number of nitrogens with zero attached hydrogens (tertiary/aromatic N) is 2. The van der Waals surface area contributed by atoms with Crippen LogP contribution in [-0.2, 0) is 16.1 Å². The maximum Gasteiger partial charge on any atom is 0.234 e. The van der Waals surface area contributed by atoms with Crippen molar-refractivity contribution < 1.29 is 9.53 Å². The number of hydrogen-bond donors (Lipinski definition) is 1. The van der Waals surface area contributed by atoms with E-state index < -0.39 is 0 Å². The third-order valence-electron chi connectivity index (χ3n) is 4.20. The molecule has 1 aromatic carbocycles. The first-order valence-corrected chi connectivity index (χ1v) is 7.56. The predicted octanol–water partition coefficient (Wildman–Crippen LogP) is 1.96. The number of methoxy groups -OCH3 is 1. The molecular formula is C16H18ClN3O2. The molecule has 2 atom stereocenters. The molecule has 116 valence electrons. The molecular weight excluding hydrogens is 302 g/mol. The Labute approximate surface area is 134 Å². The zero-order valence-electron chi connectivity index (χ0n) is 12.3. The van der Waals surface area contributed by atoms with E-state index >= 15 is 0 Å². The minimum atomic E-state index is -0.314. The molecule has 0 aliphatic carbocycles. The summed E-state index contributed by atoms with van der Waals surface area (Å²) < 4.78 is 5.38. The first-order valence-electron chi connectivity index (χ1n) is 7.18. The average Bonchev–Trinajstić information content (AvgIpc) is 2.94. The van der Waals surface area contributed by atoms with E-state index in [0.29, 0.717) is 24.5 Å². The quantitative estimate of drug-likeness (QED) is 0.935. The van der Waals surface area contributed by atoms with Crippen LogP contribution in [0.1, 0.15) is 12.0 Å². The molecule has 0 spiro atoms. The number of likely N-dealkylation sites (tertiary alicyclic amines) is 1. The molecule has 1 aromatic heterocycles. The van der Waals surface area contributed by atoms with Gasteiger partial charge in [-0.15, -0.1) is 0 Å². The van der Waals surface area contributed by atoms with E-state index in [-0.39, 0.29) is 18.1 Å². The Morgan fingerprint density at radius 3 is 3.05 bits per heavy atom. The molecule has 1 saturated heterocycles. The van der Waals surface area contributed by atoms with Gasteiger partial charge in [-0.3, -0.25) is 14.7 Å². The Balaban J connectivity index is 1.92. The van der Waals surface area contributed by atoms with E-state index in [9.17, 15) is 4.79 Å². The van der Waals surface area contributed by atoms with Gasteiger partial charge in [0.15, 0.2) is 0 Å². The molecule has 2 N–H and O–H groups in total. The highest BCUT2D eigenvalue weighted by Crippen LogP contribution is 2.28. The van der Waals surface area contributed by atoms with Crippen molar-refractivity contribution >= 4 is 28.4 Å². The average molecular weight is 320 g/mol. The number of halogens is 1. The molecule has 0 bridgehead atoms. The third kappa shape index (κ3) is 2.79. The van der Waals surface area contributed by atoms with Crippen molar-refractivity contribution in [3.63, 3.8) is 0 Å². The molecule has 1 amide bonds. The van der Waals surface area contributed by atoms with E-state index in [1.807, 2.05) is 29.2 Å². The SMILES string of the molecule is CO[C@H]1C[C@@H](C(N)=O)N(Cc2ccc(Cl)c3cccnc23)C1. The molecule has 1 aliphatic heterocycles. The number of fused-ring (bicyclic) bond motifs is 1. The van der Waals surface area contributed by atoms with Crippen LogP contribution in [0.25, 0.3) is 10.9 Å². The highest BCUT2D eigenvalue weighted by molar-refractivity contribution is 6.35. The zero-order valence-corrected chi connectivity index (χ0v) is 13.1. The van der Waals surface area contributed by atoms with Crippen molar-refractivity contribution in [2.75, 3.05) is 13.7 Å². The summed E-state index contributed by atoms with van der Waals surface area (Å²) in [7, 11) is 1.66. The summed E-state index contributed by atoms with van der Waals surface area (Å²) in [6.07, 6.45) is 2.41. The number of amides is 1. The second-order valence-corrected chi connectivity index (χ2v) is 5.95. The molecule has 2 aromatic rings. The largest absolute Gasteiger partial charge is 0.380 e. The number of carbonyl (C=O) groups is 1. The topological polar surface area (TPSA) is 68.5 Å². The molecule has 5 nitrogen and oxygen atoms in total. The van der Waals surface area contributed by atoms with Crippen LogP contribution >= 0.6 is 11.6 Å². The fourth-order valence-electron chi connectivity index (χ4n) is 3.05. The molecule has 1 aliphatic rings. The third-order valence-corrected chi connectivity index (χ3v) is 4.53. The highest BCUT2D eigenvalue weighted by atomic mass is 35.5. The summed E-state index contributed by atoms with van der Waals surface area (Å²) in [4.78, 5) is 18.2. The number of primary amides is 1. The van der Waals surface area contributed by atoms with Crippen molar-refractivity contribution in [1.29, 1.82) is 0 Å². The Kier molecular flexibility index (Phi) is 4.29. The van der Waals surface area contributed by atoms with Crippen molar-refractivity contribution in [3.8, 4) is 0 Å². The summed E-state index contributed by atoms with van der Waals surface area (Å²) in [5, 5.41) is 1.59. The maximum atomic E-state index is 11.7. The van der Waals surface area contributed by atoms with E-state index in [2.05, 4.69) is 4.98 Å². The summed E-state index contributed by atoms with van der Waals surface area (Å²) in [6, 6.07) is 7.32. The lowest BCUT2D eigenvalue weighted by atomic mass is 10.1. The minimum absolute atomic E-state index is 0.0315. The Morgan fingerprint density at radius 2 is 2.32 bits per heavy atom. The summed E-state index contributed by atoms with van der Waals surface area (Å²) >= 11 is 6.22. The lowest BCUT2D eigenvalue weighted by molar-refractivity contribution is -0.122. The fourth-order valence-corrected chi connectivity index (χ4v) is 3.26. The minimum Gasteiger partial charge on any atom is -0.380 e. The number of aromatic nitrogens is 1. The van der Waals surface area contributed by atoms with Crippen molar-refractivity contribution in [2.45, 2.75) is 25.1 Å². The molecule has 3 rings (SSSR count). The number of ether oxygens (including phenoxy) is 1. The standard InChI is InChI=1S/C16H18ClN3O2/c1-22-11-7-14(16(18)21)20(9-11)8-10-4-5-13(17)12-3-2-6-19-15(10)12/h2-6,11,14H,7-9H2,1H3,(H2,18,21)/t11-,14-/m0/s1. The number of benzene rings is 1. The van der Waals surface area contributed by atoms with Gasteiger partial charge < -0.3 is 10.5 Å². The summed E-state index contributed by atoms with van der Waals surface area (Å²) in [5.74, 6) is -0.314. The van der Waals surface area contributed by atoms with E-state index in [1.165, 1.54) is 0 Å². The first-order chi connectivity index (χ1) is 10.6. The molecule has 6 heteroatoms. The van der Waals surface area contributed by atoms with E-state index in [4.69, 9.17) is 22.1 Å². The maximum absolute atomic E-state index is 11.7. The van der Waals surface area contributed by atoms with Crippen LogP contribution in [0.4, 0.5) is 0 Å². The zero-order chi connectivity index (χ0) is 15.7. The van der Waals surface area contributed by atoms with Gasteiger partial charge in [-0.2, -0.15) is 0 Å². The normalized spacial score (nSPS) is 22.3. The molecule has 22 heavy (non-hydrogen) atoms. The van der Waals surface area contributed by atoms with Gasteiger partial charge in [0.25, 0.3) is 0 Å². The summed E-state index contributed by atoms with van der Waals surface area (Å²) in [5.41, 5.74) is 7.41. The van der Waals surface area contributed by atoms with Gasteiger partial charge in [-0.1, -0.05) is 17.7 Å². The van der Waals surface area contributed by atoms with Crippen LogP contribution < -0.4 is 5.73 Å². The van der Waals surface area contributed by atoms with Gasteiger partial charge >= 0.3 is 0 Å². The number of nitrogens with two attached hydrogens (primary N) is 1. The summed E-state index contributed by atoms with van der Waals surface area (Å²) in [6.45, 7) is 1.28. The number of rotatable bonds is 4. The van der Waals surface area contributed by atoms with Crippen molar-refractivity contribution in [1.82, 2.24) is 9.88 Å². The van der Waals surface area contributed by atoms with Crippen LogP contribution in [0.2, 0.25) is 5.02 Å². The molecule has 2 heterocycles. The second kappa shape index (κ2) is 6.20. The van der Waals surface area contributed by atoms with Crippen LogP contribution in [-0.4, -0.2) is 41.6 Å². The number of pyridine rings is 1. The highest BCUT2D eigenvalue weighted by Gasteiger charge is 2.35. The smallest absolute Gasteiger partial charge is 0.234 e. The Hall–Kier alpha value is -1.69. The van der Waals surface area contributed by atoms with Crippen molar-refractivity contribution in [3.05, 3.63) is 41.0 Å². The molecule has 0 radical (unpaired) electrons. The molecule has 1 fully saturated rings. The Bertz CT molecular complexity index is 707. The molecule has 0 saturated carbocycles.